The summed E-state index contributed by atoms with van der Waals surface area (Å²) in [6.45, 7) is 0.145. The third-order valence-corrected chi connectivity index (χ3v) is 5.94. The zero-order valence-electron chi connectivity index (χ0n) is 18.2. The lowest BCUT2D eigenvalue weighted by Crippen LogP contribution is -2.40. The van der Waals surface area contributed by atoms with Crippen LogP contribution in [0.4, 0.5) is 11.5 Å². The Morgan fingerprint density at radius 2 is 2.03 bits per heavy atom. The summed E-state index contributed by atoms with van der Waals surface area (Å²) in [5.41, 5.74) is 8.02. The molecule has 5 rings (SSSR count). The highest BCUT2D eigenvalue weighted by molar-refractivity contribution is 6.06. The van der Waals surface area contributed by atoms with E-state index >= 15 is 0 Å². The molecule has 2 aromatic heterocycles. The molecule has 14 nitrogen and oxygen atoms in total. The SMILES string of the molecule is Nc1ncnc2c1ncn2C1O[C@H](CNC(=O)CC(=O)Nc2cccc3c2CNC3=O)[C@@H](O)[C@H]1O. The Bertz CT molecular complexity index is 1330. The third kappa shape index (κ3) is 4.14. The largest absolute Gasteiger partial charge is 0.387 e. The van der Waals surface area contributed by atoms with E-state index in [2.05, 4.69) is 30.9 Å². The van der Waals surface area contributed by atoms with E-state index < -0.39 is 42.8 Å². The van der Waals surface area contributed by atoms with E-state index in [-0.39, 0.29) is 18.3 Å². The number of ether oxygens (including phenoxy) is 1. The second kappa shape index (κ2) is 8.90. The molecule has 182 valence electrons. The van der Waals surface area contributed by atoms with E-state index in [1.54, 1.807) is 18.2 Å². The molecule has 2 aliphatic rings. The smallest absolute Gasteiger partial charge is 0.251 e. The number of nitrogens with one attached hydrogen (secondary N) is 3. The van der Waals surface area contributed by atoms with Crippen LogP contribution in [0.25, 0.3) is 11.2 Å². The molecule has 1 aromatic carbocycles. The first-order chi connectivity index (χ1) is 16.8. The number of fused-ring (bicyclic) bond motifs is 2. The Morgan fingerprint density at radius 1 is 1.20 bits per heavy atom. The second-order valence-electron chi connectivity index (χ2n) is 8.17. The van der Waals surface area contributed by atoms with Crippen molar-refractivity contribution in [2.45, 2.75) is 37.5 Å². The lowest BCUT2D eigenvalue weighted by atomic mass is 10.1. The van der Waals surface area contributed by atoms with Gasteiger partial charge in [-0.2, -0.15) is 0 Å². The highest BCUT2D eigenvalue weighted by atomic mass is 16.6. The number of rotatable bonds is 6. The van der Waals surface area contributed by atoms with Gasteiger partial charge in [-0.1, -0.05) is 6.07 Å². The van der Waals surface area contributed by atoms with Crippen molar-refractivity contribution in [2.24, 2.45) is 0 Å². The molecular formula is C21H22N8O6. The van der Waals surface area contributed by atoms with Gasteiger partial charge in [-0.25, -0.2) is 15.0 Å². The van der Waals surface area contributed by atoms with Crippen LogP contribution < -0.4 is 21.7 Å². The van der Waals surface area contributed by atoms with Gasteiger partial charge in [-0.3, -0.25) is 19.0 Å². The maximum Gasteiger partial charge on any atom is 0.251 e. The first-order valence-corrected chi connectivity index (χ1v) is 10.7. The Hall–Kier alpha value is -4.14. The minimum atomic E-state index is -1.33. The quantitative estimate of drug-likeness (QED) is 0.222. The Labute approximate surface area is 197 Å². The fourth-order valence-corrected chi connectivity index (χ4v) is 4.17. The van der Waals surface area contributed by atoms with Crippen LogP contribution in [0.15, 0.2) is 30.9 Å². The van der Waals surface area contributed by atoms with Gasteiger partial charge in [0.05, 0.1) is 6.33 Å². The first kappa shape index (κ1) is 22.6. The topological polar surface area (TPSA) is 207 Å². The van der Waals surface area contributed by atoms with Crippen LogP contribution in [-0.4, -0.2) is 72.3 Å². The summed E-state index contributed by atoms with van der Waals surface area (Å²) in [4.78, 5) is 48.5. The molecule has 0 aliphatic carbocycles. The number of aliphatic hydroxyl groups excluding tert-OH is 2. The zero-order chi connectivity index (χ0) is 24.7. The molecule has 2 aliphatic heterocycles. The van der Waals surface area contributed by atoms with Gasteiger partial charge in [-0.05, 0) is 12.1 Å². The normalized spacial score (nSPS) is 23.2. The number of aliphatic hydroxyl groups is 2. The molecule has 0 saturated carbocycles. The van der Waals surface area contributed by atoms with Gasteiger partial charge in [0.15, 0.2) is 17.7 Å². The summed E-state index contributed by atoms with van der Waals surface area (Å²) in [5, 5.41) is 28.8. The van der Waals surface area contributed by atoms with E-state index in [9.17, 15) is 24.6 Å². The van der Waals surface area contributed by atoms with Crippen LogP contribution in [0.3, 0.4) is 0 Å². The Morgan fingerprint density at radius 3 is 2.86 bits per heavy atom. The molecule has 0 radical (unpaired) electrons. The molecule has 35 heavy (non-hydrogen) atoms. The van der Waals surface area contributed by atoms with E-state index in [1.807, 2.05) is 0 Å². The van der Waals surface area contributed by atoms with Gasteiger partial charge in [-0.15, -0.1) is 0 Å². The second-order valence-corrected chi connectivity index (χ2v) is 8.17. The lowest BCUT2D eigenvalue weighted by molar-refractivity contribution is -0.127. The van der Waals surface area contributed by atoms with Crippen LogP contribution in [0.5, 0.6) is 0 Å². The summed E-state index contributed by atoms with van der Waals surface area (Å²) in [5.74, 6) is -1.23. The number of nitrogens with zero attached hydrogens (tertiary/aromatic N) is 4. The molecule has 0 spiro atoms. The predicted octanol–water partition coefficient (Wildman–Crippen LogP) is -1.58. The van der Waals surface area contributed by atoms with E-state index in [0.29, 0.717) is 34.5 Å². The minimum Gasteiger partial charge on any atom is -0.387 e. The van der Waals surface area contributed by atoms with Crippen LogP contribution in [-0.2, 0) is 20.9 Å². The molecule has 0 bridgehead atoms. The number of imidazole rings is 1. The van der Waals surface area contributed by atoms with Gasteiger partial charge >= 0.3 is 0 Å². The summed E-state index contributed by atoms with van der Waals surface area (Å²) in [6, 6.07) is 4.95. The molecule has 3 aromatic rings. The van der Waals surface area contributed by atoms with E-state index in [0.717, 1.165) is 0 Å². The molecule has 4 heterocycles. The third-order valence-electron chi connectivity index (χ3n) is 5.94. The number of carbonyl (C=O) groups excluding carboxylic acids is 3. The fourth-order valence-electron chi connectivity index (χ4n) is 4.17. The number of hydrogen-bond donors (Lipinski definition) is 6. The fraction of sp³-hybridized carbons (Fsp3) is 0.333. The van der Waals surface area contributed by atoms with Crippen molar-refractivity contribution in [2.75, 3.05) is 17.6 Å². The molecule has 1 fully saturated rings. The molecule has 1 saturated heterocycles. The lowest BCUT2D eigenvalue weighted by Gasteiger charge is -2.16. The van der Waals surface area contributed by atoms with Crippen LogP contribution in [0, 0.1) is 0 Å². The molecule has 4 atom stereocenters. The zero-order valence-corrected chi connectivity index (χ0v) is 18.2. The average Bonchev–Trinajstić information content (AvgIpc) is 3.50. The number of aromatic nitrogens is 4. The van der Waals surface area contributed by atoms with Gasteiger partial charge in [0.2, 0.25) is 11.8 Å². The van der Waals surface area contributed by atoms with Crippen LogP contribution in [0.2, 0.25) is 0 Å². The average molecular weight is 482 g/mol. The van der Waals surface area contributed by atoms with Crippen molar-refractivity contribution in [1.82, 2.24) is 30.2 Å². The predicted molar refractivity (Wildman–Crippen MR) is 120 cm³/mol. The molecule has 14 heteroatoms. The Balaban J connectivity index is 1.18. The number of hydrogen-bond acceptors (Lipinski definition) is 10. The molecule has 1 unspecified atom stereocenters. The highest BCUT2D eigenvalue weighted by Crippen LogP contribution is 2.31. The van der Waals surface area contributed by atoms with E-state index in [4.69, 9.17) is 10.5 Å². The molecular weight excluding hydrogens is 460 g/mol. The van der Waals surface area contributed by atoms with Gasteiger partial charge in [0.1, 0.15) is 36.6 Å². The number of nitrogens with two attached hydrogens (primary N) is 1. The first-order valence-electron chi connectivity index (χ1n) is 10.7. The summed E-state index contributed by atoms with van der Waals surface area (Å²) in [6.07, 6.45) is -2.49. The van der Waals surface area contributed by atoms with Crippen molar-refractivity contribution in [3.63, 3.8) is 0 Å². The molecule has 7 N–H and O–H groups in total. The Kier molecular flexibility index (Phi) is 5.76. The van der Waals surface area contributed by atoms with Crippen molar-refractivity contribution in [1.29, 1.82) is 0 Å². The van der Waals surface area contributed by atoms with Gasteiger partial charge < -0.3 is 36.6 Å². The molecule has 3 amide bonds. The van der Waals surface area contributed by atoms with Crippen molar-refractivity contribution < 1.29 is 29.3 Å². The van der Waals surface area contributed by atoms with Crippen molar-refractivity contribution in [3.8, 4) is 0 Å². The monoisotopic (exact) mass is 482 g/mol. The maximum atomic E-state index is 12.3. The van der Waals surface area contributed by atoms with Gasteiger partial charge in [0.25, 0.3) is 5.91 Å². The highest BCUT2D eigenvalue weighted by Gasteiger charge is 2.44. The number of anilines is 2. The number of carbonyl (C=O) groups is 3. The van der Waals surface area contributed by atoms with Crippen molar-refractivity contribution in [3.05, 3.63) is 42.0 Å². The van der Waals surface area contributed by atoms with E-state index in [1.165, 1.54) is 17.2 Å². The summed E-state index contributed by atoms with van der Waals surface area (Å²) < 4.78 is 7.18. The van der Waals surface area contributed by atoms with Gasteiger partial charge in [0, 0.05) is 29.9 Å². The summed E-state index contributed by atoms with van der Waals surface area (Å²) in [7, 11) is 0. The number of benzene rings is 1. The number of nitrogen functional groups attached to an aromatic ring is 1. The van der Waals surface area contributed by atoms with Crippen LogP contribution in [0.1, 0.15) is 28.6 Å². The van der Waals surface area contributed by atoms with Crippen molar-refractivity contribution >= 4 is 40.4 Å². The minimum absolute atomic E-state index is 0.149. The standard InChI is InChI=1S/C21H22N8O6/c22-18-15-19(26-7-25-18)29(8-27-15)21-17(33)16(32)12(35-21)6-23-13(30)4-14(31)28-11-3-1-2-9-10(11)5-24-20(9)34/h1-3,7-8,12,16-17,21,32-33H,4-6H2,(H,23,30)(H,24,34)(H,28,31)(H2,22,25,26)/t12-,16-,17-,21?/m1/s1. The van der Waals surface area contributed by atoms with Crippen LogP contribution >= 0.6 is 0 Å². The summed E-state index contributed by atoms with van der Waals surface area (Å²) >= 11 is 0. The maximum absolute atomic E-state index is 12.3. The number of amides is 3.